The molecule has 3 N–H and O–H groups in total. The van der Waals surface area contributed by atoms with Crippen LogP contribution < -0.4 is 5.73 Å². The van der Waals surface area contributed by atoms with E-state index in [1.807, 2.05) is 0 Å². The van der Waals surface area contributed by atoms with Crippen LogP contribution in [-0.4, -0.2) is 16.1 Å². The zero-order valence-corrected chi connectivity index (χ0v) is 9.09. The Hall–Kier alpha value is -1.34. The molecular weight excluding hydrogens is 261 g/mol. The van der Waals surface area contributed by atoms with Gasteiger partial charge in [0.25, 0.3) is 0 Å². The lowest BCUT2D eigenvalue weighted by Crippen LogP contribution is -2.17. The zero-order chi connectivity index (χ0) is 13.2. The van der Waals surface area contributed by atoms with Gasteiger partial charge >= 0.3 is 12.1 Å². The highest BCUT2D eigenvalue weighted by atomic mass is 35.5. The normalized spacial score (nSPS) is 13.5. The Morgan fingerprint density at radius 3 is 2.65 bits per heavy atom. The lowest BCUT2D eigenvalue weighted by atomic mass is 10.0. The summed E-state index contributed by atoms with van der Waals surface area (Å²) in [6.07, 6.45) is -4.53. The van der Waals surface area contributed by atoms with Crippen LogP contribution in [0.5, 0.6) is 0 Å². The molecule has 1 rings (SSSR count). The van der Waals surface area contributed by atoms with Crippen molar-refractivity contribution in [1.29, 1.82) is 0 Å². The van der Waals surface area contributed by atoms with Crippen LogP contribution in [0.15, 0.2) is 12.3 Å². The molecule has 0 amide bonds. The van der Waals surface area contributed by atoms with Gasteiger partial charge in [-0.2, -0.15) is 13.2 Å². The molecule has 1 aromatic rings. The van der Waals surface area contributed by atoms with Gasteiger partial charge < -0.3 is 10.8 Å². The van der Waals surface area contributed by atoms with Gasteiger partial charge in [-0.15, -0.1) is 0 Å². The number of hydrogen-bond acceptors (Lipinski definition) is 3. The summed E-state index contributed by atoms with van der Waals surface area (Å²) in [6, 6.07) is -0.419. The van der Waals surface area contributed by atoms with Gasteiger partial charge in [-0.3, -0.25) is 4.79 Å². The smallest absolute Gasteiger partial charge is 0.417 e. The molecule has 0 bridgehead atoms. The van der Waals surface area contributed by atoms with E-state index in [0.717, 1.165) is 0 Å². The molecule has 4 nitrogen and oxygen atoms in total. The van der Waals surface area contributed by atoms with Crippen LogP contribution >= 0.6 is 11.6 Å². The number of pyridine rings is 1. The molecule has 0 aromatic carbocycles. The summed E-state index contributed by atoms with van der Waals surface area (Å²) in [5.74, 6) is -1.23. The van der Waals surface area contributed by atoms with E-state index in [-0.39, 0.29) is 10.7 Å². The van der Waals surface area contributed by atoms with Gasteiger partial charge in [0.1, 0.15) is 5.15 Å². The van der Waals surface area contributed by atoms with Crippen LogP contribution in [0, 0.1) is 0 Å². The number of nitrogens with zero attached hydrogens (tertiary/aromatic N) is 1. The molecule has 1 unspecified atom stereocenters. The first-order valence-electron chi connectivity index (χ1n) is 4.42. The highest BCUT2D eigenvalue weighted by Crippen LogP contribution is 2.32. The molecule has 94 valence electrons. The van der Waals surface area contributed by atoms with Gasteiger partial charge in [-0.05, 0) is 6.07 Å². The fraction of sp³-hybridized carbons (Fsp3) is 0.333. The number of aliphatic carboxylic acids is 1. The first kappa shape index (κ1) is 13.7. The van der Waals surface area contributed by atoms with Crippen molar-refractivity contribution >= 4 is 17.6 Å². The average Bonchev–Trinajstić information content (AvgIpc) is 2.15. The molecule has 0 saturated carbocycles. The first-order chi connectivity index (χ1) is 7.71. The number of alkyl halides is 3. The number of hydrogen-bond donors (Lipinski definition) is 2. The molecule has 0 radical (unpaired) electrons. The van der Waals surface area contributed by atoms with Crippen LogP contribution in [0.3, 0.4) is 0 Å². The Kier molecular flexibility index (Phi) is 3.94. The second-order valence-electron chi connectivity index (χ2n) is 3.31. The summed E-state index contributed by atoms with van der Waals surface area (Å²) >= 11 is 5.57. The standard InChI is InChI=1S/C9H8ClF3N2O2/c10-8-5(6(14)2-7(16)17)1-4(3-15-8)9(11,12)13/h1,3,6H,2,14H2,(H,16,17). The fourth-order valence-corrected chi connectivity index (χ4v) is 1.42. The maximum atomic E-state index is 12.4. The van der Waals surface area contributed by atoms with Gasteiger partial charge in [-0.25, -0.2) is 4.98 Å². The van der Waals surface area contributed by atoms with E-state index in [0.29, 0.717) is 12.3 Å². The van der Waals surface area contributed by atoms with Gasteiger partial charge in [0.15, 0.2) is 0 Å². The Morgan fingerprint density at radius 2 is 2.18 bits per heavy atom. The molecule has 0 aliphatic heterocycles. The Labute approximate surface area is 99.2 Å². The predicted octanol–water partition coefficient (Wildman–Crippen LogP) is 2.23. The molecule has 0 fully saturated rings. The quantitative estimate of drug-likeness (QED) is 0.824. The second kappa shape index (κ2) is 4.89. The number of aromatic nitrogens is 1. The lowest BCUT2D eigenvalue weighted by molar-refractivity contribution is -0.138. The third-order valence-corrected chi connectivity index (χ3v) is 2.30. The predicted molar refractivity (Wildman–Crippen MR) is 53.4 cm³/mol. The van der Waals surface area contributed by atoms with Crippen molar-refractivity contribution in [3.8, 4) is 0 Å². The number of carbonyl (C=O) groups is 1. The van der Waals surface area contributed by atoms with Crippen LogP contribution in [-0.2, 0) is 11.0 Å². The van der Waals surface area contributed by atoms with Crippen molar-refractivity contribution in [2.75, 3.05) is 0 Å². The molecule has 1 heterocycles. The van der Waals surface area contributed by atoms with Crippen molar-refractivity contribution in [1.82, 2.24) is 4.98 Å². The number of rotatable bonds is 3. The number of nitrogens with two attached hydrogens (primary N) is 1. The largest absolute Gasteiger partial charge is 0.481 e. The van der Waals surface area contributed by atoms with Gasteiger partial charge in [-0.1, -0.05) is 11.6 Å². The third kappa shape index (κ3) is 3.57. The van der Waals surface area contributed by atoms with Gasteiger partial charge in [0, 0.05) is 17.8 Å². The lowest BCUT2D eigenvalue weighted by Gasteiger charge is -2.13. The molecule has 8 heteroatoms. The maximum absolute atomic E-state index is 12.4. The van der Waals surface area contributed by atoms with Crippen molar-refractivity contribution in [2.45, 2.75) is 18.6 Å². The summed E-state index contributed by atoms with van der Waals surface area (Å²) in [6.45, 7) is 0. The third-order valence-electron chi connectivity index (χ3n) is 1.99. The van der Waals surface area contributed by atoms with E-state index in [4.69, 9.17) is 22.4 Å². The molecule has 0 saturated heterocycles. The molecule has 0 aliphatic rings. The first-order valence-corrected chi connectivity index (χ1v) is 4.79. The van der Waals surface area contributed by atoms with E-state index in [1.165, 1.54) is 0 Å². The highest BCUT2D eigenvalue weighted by Gasteiger charge is 2.32. The zero-order valence-electron chi connectivity index (χ0n) is 8.33. The minimum Gasteiger partial charge on any atom is -0.481 e. The van der Waals surface area contributed by atoms with Gasteiger partial charge in [0.2, 0.25) is 0 Å². The number of carboxylic acids is 1. The summed E-state index contributed by atoms with van der Waals surface area (Å²) in [7, 11) is 0. The summed E-state index contributed by atoms with van der Waals surface area (Å²) in [4.78, 5) is 13.8. The minimum atomic E-state index is -4.57. The highest BCUT2D eigenvalue weighted by molar-refractivity contribution is 6.30. The van der Waals surface area contributed by atoms with Crippen molar-refractivity contribution in [2.24, 2.45) is 5.73 Å². The Balaban J connectivity index is 3.10. The maximum Gasteiger partial charge on any atom is 0.417 e. The molecule has 1 aromatic heterocycles. The van der Waals surface area contributed by atoms with Crippen molar-refractivity contribution < 1.29 is 23.1 Å². The van der Waals surface area contributed by atoms with Crippen LogP contribution in [0.1, 0.15) is 23.6 Å². The molecule has 0 aliphatic carbocycles. The minimum absolute atomic E-state index is 0.135. The fourth-order valence-electron chi connectivity index (χ4n) is 1.18. The number of halogens is 4. The van der Waals surface area contributed by atoms with Crippen LogP contribution in [0.2, 0.25) is 5.15 Å². The molecule has 0 spiro atoms. The topological polar surface area (TPSA) is 76.2 Å². The summed E-state index contributed by atoms with van der Waals surface area (Å²) < 4.78 is 37.2. The van der Waals surface area contributed by atoms with E-state index in [2.05, 4.69) is 4.98 Å². The number of carboxylic acid groups (broad SMARTS) is 1. The van der Waals surface area contributed by atoms with E-state index in [9.17, 15) is 18.0 Å². The summed E-state index contributed by atoms with van der Waals surface area (Å²) in [5, 5.41) is 8.27. The van der Waals surface area contributed by atoms with Crippen LogP contribution in [0.25, 0.3) is 0 Å². The van der Waals surface area contributed by atoms with E-state index in [1.54, 1.807) is 0 Å². The van der Waals surface area contributed by atoms with Crippen LogP contribution in [0.4, 0.5) is 13.2 Å². The van der Waals surface area contributed by atoms with E-state index >= 15 is 0 Å². The van der Waals surface area contributed by atoms with E-state index < -0.39 is 30.2 Å². The molecule has 17 heavy (non-hydrogen) atoms. The van der Waals surface area contributed by atoms with Crippen molar-refractivity contribution in [3.05, 3.63) is 28.5 Å². The molecular formula is C9H8ClF3N2O2. The Bertz CT molecular complexity index is 437. The second-order valence-corrected chi connectivity index (χ2v) is 3.66. The summed E-state index contributed by atoms with van der Waals surface area (Å²) in [5.41, 5.74) is 4.29. The van der Waals surface area contributed by atoms with Crippen molar-refractivity contribution in [3.63, 3.8) is 0 Å². The van der Waals surface area contributed by atoms with Gasteiger partial charge in [0.05, 0.1) is 12.0 Å². The SMILES string of the molecule is NC(CC(=O)O)c1cc(C(F)(F)F)cnc1Cl. The monoisotopic (exact) mass is 268 g/mol. The average molecular weight is 269 g/mol. The Morgan fingerprint density at radius 1 is 1.59 bits per heavy atom. The molecule has 1 atom stereocenters.